The Hall–Kier alpha value is -3.25. The van der Waals surface area contributed by atoms with Crippen LogP contribution in [0, 0.1) is 0 Å². The molecule has 0 fully saturated rings. The van der Waals surface area contributed by atoms with Crippen molar-refractivity contribution >= 4 is 34.9 Å². The van der Waals surface area contributed by atoms with Gasteiger partial charge in [-0.2, -0.15) is 0 Å². The van der Waals surface area contributed by atoms with Crippen molar-refractivity contribution in [3.8, 4) is 0 Å². The lowest BCUT2D eigenvalue weighted by Crippen LogP contribution is -2.14. The maximum Gasteiger partial charge on any atom is 0.258 e. The lowest BCUT2D eigenvalue weighted by Gasteiger charge is -2.08. The summed E-state index contributed by atoms with van der Waals surface area (Å²) in [6.45, 7) is 2.12. The highest BCUT2D eigenvalue weighted by atomic mass is 35.5. The standard InChI is InChI=1S/C21H19ClN4O2/c1-14(27)16-5-3-7-19(11-16)26-20(28)17-12-24-21(25-13-17)23-9-8-15-4-2-6-18(22)10-15/h2-7,10-13H,8-9H2,1H3,(H,26,28)(H,23,24,25). The van der Waals surface area contributed by atoms with Gasteiger partial charge in [-0.3, -0.25) is 9.59 Å². The fourth-order valence-electron chi connectivity index (χ4n) is 2.57. The fourth-order valence-corrected chi connectivity index (χ4v) is 2.78. The number of rotatable bonds is 7. The molecule has 0 unspecified atom stereocenters. The zero-order valence-electron chi connectivity index (χ0n) is 15.3. The summed E-state index contributed by atoms with van der Waals surface area (Å²) in [5.74, 6) is 0.0379. The second kappa shape index (κ2) is 9.10. The molecule has 0 atom stereocenters. The second-order valence-corrected chi connectivity index (χ2v) is 6.63. The lowest BCUT2D eigenvalue weighted by atomic mass is 10.1. The van der Waals surface area contributed by atoms with Crippen LogP contribution in [0.15, 0.2) is 60.9 Å². The van der Waals surface area contributed by atoms with Gasteiger partial charge in [0.25, 0.3) is 5.91 Å². The van der Waals surface area contributed by atoms with E-state index >= 15 is 0 Å². The van der Waals surface area contributed by atoms with E-state index in [1.807, 2.05) is 24.3 Å². The SMILES string of the molecule is CC(=O)c1cccc(NC(=O)c2cnc(NCCc3cccc(Cl)c3)nc2)c1. The average molecular weight is 395 g/mol. The van der Waals surface area contributed by atoms with Crippen LogP contribution in [0.2, 0.25) is 5.02 Å². The third-order valence-corrected chi connectivity index (χ3v) is 4.26. The zero-order valence-corrected chi connectivity index (χ0v) is 16.0. The van der Waals surface area contributed by atoms with Crippen molar-refractivity contribution in [3.63, 3.8) is 0 Å². The number of halogens is 1. The summed E-state index contributed by atoms with van der Waals surface area (Å²) in [6.07, 6.45) is 3.69. The van der Waals surface area contributed by atoms with E-state index in [4.69, 9.17) is 11.6 Å². The van der Waals surface area contributed by atoms with E-state index in [1.54, 1.807) is 24.3 Å². The van der Waals surface area contributed by atoms with Crippen molar-refractivity contribution in [2.45, 2.75) is 13.3 Å². The maximum atomic E-state index is 12.3. The van der Waals surface area contributed by atoms with Gasteiger partial charge in [-0.15, -0.1) is 0 Å². The first-order valence-corrected chi connectivity index (χ1v) is 9.12. The molecular formula is C21H19ClN4O2. The summed E-state index contributed by atoms with van der Waals surface area (Å²) in [7, 11) is 0. The fraction of sp³-hybridized carbons (Fsp3) is 0.143. The minimum absolute atomic E-state index is 0.0624. The Morgan fingerprint density at radius 3 is 2.46 bits per heavy atom. The van der Waals surface area contributed by atoms with Crippen molar-refractivity contribution in [2.75, 3.05) is 17.2 Å². The van der Waals surface area contributed by atoms with E-state index in [0.717, 1.165) is 12.0 Å². The number of nitrogens with one attached hydrogen (secondary N) is 2. The van der Waals surface area contributed by atoms with E-state index in [-0.39, 0.29) is 11.7 Å². The Morgan fingerprint density at radius 2 is 1.75 bits per heavy atom. The van der Waals surface area contributed by atoms with E-state index in [9.17, 15) is 9.59 Å². The number of anilines is 2. The van der Waals surface area contributed by atoms with Gasteiger partial charge in [0.15, 0.2) is 5.78 Å². The lowest BCUT2D eigenvalue weighted by molar-refractivity contribution is 0.101. The van der Waals surface area contributed by atoms with Crippen LogP contribution in [-0.4, -0.2) is 28.2 Å². The van der Waals surface area contributed by atoms with Gasteiger partial charge in [0.1, 0.15) is 0 Å². The first-order valence-electron chi connectivity index (χ1n) is 8.74. The zero-order chi connectivity index (χ0) is 19.9. The number of ketones is 1. The molecule has 28 heavy (non-hydrogen) atoms. The number of carbonyl (C=O) groups excluding carboxylic acids is 2. The second-order valence-electron chi connectivity index (χ2n) is 6.19. The van der Waals surface area contributed by atoms with Crippen LogP contribution in [0.25, 0.3) is 0 Å². The molecule has 0 saturated heterocycles. The molecule has 3 aromatic rings. The van der Waals surface area contributed by atoms with Gasteiger partial charge in [-0.25, -0.2) is 9.97 Å². The van der Waals surface area contributed by atoms with Gasteiger partial charge >= 0.3 is 0 Å². The van der Waals surface area contributed by atoms with Crippen molar-refractivity contribution in [2.24, 2.45) is 0 Å². The molecule has 0 radical (unpaired) electrons. The summed E-state index contributed by atoms with van der Waals surface area (Å²) < 4.78 is 0. The third-order valence-electron chi connectivity index (χ3n) is 4.03. The molecule has 142 valence electrons. The number of aromatic nitrogens is 2. The van der Waals surface area contributed by atoms with Crippen molar-refractivity contribution in [1.82, 2.24) is 9.97 Å². The third kappa shape index (κ3) is 5.37. The molecule has 0 aliphatic carbocycles. The number of hydrogen-bond acceptors (Lipinski definition) is 5. The molecule has 6 nitrogen and oxygen atoms in total. The summed E-state index contributed by atoms with van der Waals surface area (Å²) >= 11 is 5.97. The van der Waals surface area contributed by atoms with Gasteiger partial charge in [0, 0.05) is 35.2 Å². The molecule has 0 aliphatic rings. The first kappa shape index (κ1) is 19.5. The predicted octanol–water partition coefficient (Wildman–Crippen LogP) is 4.24. The van der Waals surface area contributed by atoms with Crippen LogP contribution in [0.5, 0.6) is 0 Å². The van der Waals surface area contributed by atoms with Crippen LogP contribution in [0.3, 0.4) is 0 Å². The van der Waals surface area contributed by atoms with E-state index in [2.05, 4.69) is 20.6 Å². The van der Waals surface area contributed by atoms with Gasteiger partial charge in [-0.1, -0.05) is 35.9 Å². The van der Waals surface area contributed by atoms with Gasteiger partial charge in [0.2, 0.25) is 5.95 Å². The molecule has 0 spiro atoms. The van der Waals surface area contributed by atoms with Crippen molar-refractivity contribution < 1.29 is 9.59 Å². The number of nitrogens with zero attached hydrogens (tertiary/aromatic N) is 2. The maximum absolute atomic E-state index is 12.3. The van der Waals surface area contributed by atoms with E-state index < -0.39 is 0 Å². The van der Waals surface area contributed by atoms with Crippen molar-refractivity contribution in [3.05, 3.63) is 82.6 Å². The minimum Gasteiger partial charge on any atom is -0.354 e. The molecule has 7 heteroatoms. The van der Waals surface area contributed by atoms with Crippen LogP contribution in [0.4, 0.5) is 11.6 Å². The number of amides is 1. The Morgan fingerprint density at radius 1 is 1.00 bits per heavy atom. The molecule has 2 N–H and O–H groups in total. The minimum atomic E-state index is -0.342. The van der Waals surface area contributed by atoms with Gasteiger partial charge < -0.3 is 10.6 Å². The molecule has 0 bridgehead atoms. The molecule has 0 aliphatic heterocycles. The molecule has 3 rings (SSSR count). The average Bonchev–Trinajstić information content (AvgIpc) is 2.69. The van der Waals surface area contributed by atoms with E-state index in [0.29, 0.717) is 34.3 Å². The number of carbonyl (C=O) groups is 2. The van der Waals surface area contributed by atoms with Crippen molar-refractivity contribution in [1.29, 1.82) is 0 Å². The highest BCUT2D eigenvalue weighted by Crippen LogP contribution is 2.13. The molecule has 1 amide bonds. The van der Waals surface area contributed by atoms with Crippen LogP contribution >= 0.6 is 11.6 Å². The molecule has 1 heterocycles. The molecule has 0 saturated carbocycles. The summed E-state index contributed by atoms with van der Waals surface area (Å²) in [6, 6.07) is 14.4. The largest absolute Gasteiger partial charge is 0.354 e. The van der Waals surface area contributed by atoms with Crippen LogP contribution in [-0.2, 0) is 6.42 Å². The summed E-state index contributed by atoms with van der Waals surface area (Å²) in [5.41, 5.74) is 2.52. The monoisotopic (exact) mass is 394 g/mol. The first-order chi connectivity index (χ1) is 13.5. The number of hydrogen-bond donors (Lipinski definition) is 2. The number of Topliss-reactive ketones (excluding diaryl/α,β-unsaturated/α-hetero) is 1. The molecule has 2 aromatic carbocycles. The highest BCUT2D eigenvalue weighted by molar-refractivity contribution is 6.30. The predicted molar refractivity (Wildman–Crippen MR) is 110 cm³/mol. The van der Waals surface area contributed by atoms with Crippen LogP contribution < -0.4 is 10.6 Å². The summed E-state index contributed by atoms with van der Waals surface area (Å²) in [5, 5.41) is 6.56. The Balaban J connectivity index is 1.55. The summed E-state index contributed by atoms with van der Waals surface area (Å²) in [4.78, 5) is 32.1. The molecular weight excluding hydrogens is 376 g/mol. The Kier molecular flexibility index (Phi) is 6.34. The normalized spacial score (nSPS) is 10.4. The van der Waals surface area contributed by atoms with Crippen LogP contribution in [0.1, 0.15) is 33.2 Å². The Labute approximate surface area is 168 Å². The smallest absolute Gasteiger partial charge is 0.258 e. The molecule has 1 aromatic heterocycles. The van der Waals surface area contributed by atoms with E-state index in [1.165, 1.54) is 19.3 Å². The van der Waals surface area contributed by atoms with Gasteiger partial charge in [-0.05, 0) is 43.2 Å². The Bertz CT molecular complexity index is 990. The van der Waals surface area contributed by atoms with Gasteiger partial charge in [0.05, 0.1) is 5.56 Å². The quantitative estimate of drug-likeness (QED) is 0.585. The number of benzene rings is 2. The highest BCUT2D eigenvalue weighted by Gasteiger charge is 2.09. The topological polar surface area (TPSA) is 84.0 Å².